The molecule has 0 aliphatic carbocycles. The predicted octanol–water partition coefficient (Wildman–Crippen LogP) is 0.785. The molecule has 0 spiro atoms. The maximum absolute atomic E-state index is 11.6. The first kappa shape index (κ1) is 15.9. The third kappa shape index (κ3) is 2.93. The molecule has 3 aromatic rings. The number of sulfone groups is 1. The molecule has 2 heterocycles. The summed E-state index contributed by atoms with van der Waals surface area (Å²) in [5.41, 5.74) is 6.40. The molecule has 0 unspecified atom stereocenters. The summed E-state index contributed by atoms with van der Waals surface area (Å²) in [5.74, 6) is 0.829. The highest BCUT2D eigenvalue weighted by Gasteiger charge is 2.19. The molecule has 0 aliphatic heterocycles. The van der Waals surface area contributed by atoms with Gasteiger partial charge in [0.1, 0.15) is 5.75 Å². The number of hydrogen-bond acceptors (Lipinski definition) is 8. The Morgan fingerprint density at radius 1 is 1.26 bits per heavy atom. The van der Waals surface area contributed by atoms with Crippen molar-refractivity contribution in [2.24, 2.45) is 0 Å². The predicted molar refractivity (Wildman–Crippen MR) is 90.8 cm³/mol. The third-order valence-corrected chi connectivity index (χ3v) is 4.46. The van der Waals surface area contributed by atoms with Gasteiger partial charge in [0, 0.05) is 9.83 Å². The van der Waals surface area contributed by atoms with Crippen molar-refractivity contribution in [2.45, 2.75) is 5.16 Å². The average molecular weight is 446 g/mol. The van der Waals surface area contributed by atoms with E-state index >= 15 is 0 Å². The van der Waals surface area contributed by atoms with Gasteiger partial charge in [0.25, 0.3) is 10.9 Å². The average Bonchev–Trinajstić information content (AvgIpc) is 2.91. The van der Waals surface area contributed by atoms with Crippen LogP contribution in [0, 0.1) is 3.57 Å². The van der Waals surface area contributed by atoms with Crippen molar-refractivity contribution in [3.63, 3.8) is 0 Å². The van der Waals surface area contributed by atoms with E-state index in [-0.39, 0.29) is 11.7 Å². The summed E-state index contributed by atoms with van der Waals surface area (Å²) in [5, 5.41) is 3.84. The van der Waals surface area contributed by atoms with Crippen LogP contribution in [0.15, 0.2) is 23.4 Å². The number of aromatic nitrogens is 5. The molecule has 1 aromatic carbocycles. The van der Waals surface area contributed by atoms with Crippen LogP contribution in [0.4, 0.5) is 5.95 Å². The summed E-state index contributed by atoms with van der Waals surface area (Å²) >= 11 is 2.16. The Labute approximate surface area is 145 Å². The molecule has 0 radical (unpaired) electrons. The zero-order valence-corrected chi connectivity index (χ0v) is 15.0. The van der Waals surface area contributed by atoms with E-state index < -0.39 is 15.0 Å². The number of halogens is 1. The second kappa shape index (κ2) is 5.56. The van der Waals surface area contributed by atoms with Gasteiger partial charge in [0.05, 0.1) is 12.7 Å². The van der Waals surface area contributed by atoms with Crippen molar-refractivity contribution in [3.05, 3.63) is 21.8 Å². The number of fused-ring (bicyclic) bond motifs is 1. The van der Waals surface area contributed by atoms with Crippen LogP contribution >= 0.6 is 22.6 Å². The Morgan fingerprint density at radius 3 is 2.65 bits per heavy atom. The molecule has 120 valence electrons. The normalized spacial score (nSPS) is 11.8. The van der Waals surface area contributed by atoms with Crippen LogP contribution in [0.25, 0.3) is 17.2 Å². The first-order chi connectivity index (χ1) is 10.8. The van der Waals surface area contributed by atoms with E-state index in [9.17, 15) is 8.42 Å². The molecule has 0 aliphatic rings. The molecule has 0 saturated carbocycles. The Balaban J connectivity index is 2.26. The molecule has 0 bridgehead atoms. The van der Waals surface area contributed by atoms with E-state index in [1.807, 2.05) is 12.1 Å². The van der Waals surface area contributed by atoms with Crippen molar-refractivity contribution in [3.8, 4) is 17.1 Å². The minimum atomic E-state index is -3.60. The first-order valence-corrected chi connectivity index (χ1v) is 9.21. The molecule has 3 rings (SSSR count). The summed E-state index contributed by atoms with van der Waals surface area (Å²) in [6.45, 7) is 0. The van der Waals surface area contributed by atoms with E-state index in [0.717, 1.165) is 9.83 Å². The number of methoxy groups -OCH3 is 1. The lowest BCUT2D eigenvalue weighted by Crippen LogP contribution is -2.11. The number of nitrogens with zero attached hydrogens (tertiary/aromatic N) is 5. The smallest absolute Gasteiger partial charge is 0.258 e. The molecule has 2 aromatic heterocycles. The highest BCUT2D eigenvalue weighted by molar-refractivity contribution is 14.1. The van der Waals surface area contributed by atoms with Crippen LogP contribution in [-0.4, -0.2) is 46.3 Å². The van der Waals surface area contributed by atoms with Crippen LogP contribution < -0.4 is 10.5 Å². The van der Waals surface area contributed by atoms with E-state index in [4.69, 9.17) is 10.5 Å². The molecular formula is C12H11IN6O3S. The number of hydrogen-bond donors (Lipinski definition) is 1. The highest BCUT2D eigenvalue weighted by atomic mass is 127. The summed E-state index contributed by atoms with van der Waals surface area (Å²) in [6, 6.07) is 5.52. The van der Waals surface area contributed by atoms with Crippen LogP contribution in [0.2, 0.25) is 0 Å². The zero-order valence-electron chi connectivity index (χ0n) is 12.1. The first-order valence-electron chi connectivity index (χ1n) is 6.24. The molecular weight excluding hydrogens is 435 g/mol. The topological polar surface area (TPSA) is 125 Å². The van der Waals surface area contributed by atoms with Gasteiger partial charge in [-0.25, -0.2) is 8.42 Å². The molecule has 0 atom stereocenters. The molecule has 9 nitrogen and oxygen atoms in total. The van der Waals surface area contributed by atoms with Gasteiger partial charge < -0.3 is 10.5 Å². The lowest BCUT2D eigenvalue weighted by atomic mass is 10.2. The highest BCUT2D eigenvalue weighted by Crippen LogP contribution is 2.29. The van der Waals surface area contributed by atoms with Crippen LogP contribution in [0.5, 0.6) is 5.75 Å². The largest absolute Gasteiger partial charge is 0.496 e. The summed E-state index contributed by atoms with van der Waals surface area (Å²) in [4.78, 5) is 11.9. The van der Waals surface area contributed by atoms with E-state index in [1.54, 1.807) is 6.07 Å². The van der Waals surface area contributed by atoms with Gasteiger partial charge in [0.2, 0.25) is 15.8 Å². The standard InChI is InChI=1S/C12H11IN6O3S/c1-22-8-4-3-6(13)5-7(8)9-15-11-17-12(23(2,20)21)16-10(14)19(11)18-9/h3-5H,1-2H3,(H2,14,15,16,17,18). The van der Waals surface area contributed by atoms with Gasteiger partial charge in [0.15, 0.2) is 5.82 Å². The number of rotatable bonds is 3. The molecule has 11 heteroatoms. The maximum atomic E-state index is 11.6. The van der Waals surface area contributed by atoms with Gasteiger partial charge in [-0.1, -0.05) is 0 Å². The minimum Gasteiger partial charge on any atom is -0.496 e. The fourth-order valence-corrected chi connectivity index (χ4v) is 2.92. The lowest BCUT2D eigenvalue weighted by molar-refractivity contribution is 0.416. The van der Waals surface area contributed by atoms with E-state index in [2.05, 4.69) is 42.6 Å². The maximum Gasteiger partial charge on any atom is 0.258 e. The summed E-state index contributed by atoms with van der Waals surface area (Å²) < 4.78 is 30.6. The number of nitrogens with two attached hydrogens (primary N) is 1. The Kier molecular flexibility index (Phi) is 3.83. The molecule has 0 amide bonds. The van der Waals surface area contributed by atoms with Gasteiger partial charge in [-0.15, -0.1) is 5.10 Å². The summed E-state index contributed by atoms with van der Waals surface area (Å²) in [6.07, 6.45) is 0.998. The van der Waals surface area contributed by atoms with E-state index in [0.29, 0.717) is 17.1 Å². The van der Waals surface area contributed by atoms with Crippen molar-refractivity contribution < 1.29 is 13.2 Å². The van der Waals surface area contributed by atoms with Crippen molar-refractivity contribution in [1.82, 2.24) is 24.6 Å². The quantitative estimate of drug-likeness (QED) is 0.586. The van der Waals surface area contributed by atoms with Crippen molar-refractivity contribution in [2.75, 3.05) is 19.1 Å². The molecule has 2 N–H and O–H groups in total. The number of ether oxygens (including phenoxy) is 1. The molecule has 0 fully saturated rings. The van der Waals surface area contributed by atoms with Crippen molar-refractivity contribution in [1.29, 1.82) is 0 Å². The zero-order chi connectivity index (χ0) is 16.8. The van der Waals surface area contributed by atoms with Crippen LogP contribution in [0.1, 0.15) is 0 Å². The Bertz CT molecular complexity index is 1020. The molecule has 23 heavy (non-hydrogen) atoms. The van der Waals surface area contributed by atoms with Crippen molar-refractivity contribution >= 4 is 44.2 Å². The number of benzene rings is 1. The SMILES string of the molecule is COc1ccc(I)cc1-c1nc2nc(S(C)(=O)=O)nc(N)n2n1. The Morgan fingerprint density at radius 2 is 2.00 bits per heavy atom. The van der Waals surface area contributed by atoms with Gasteiger partial charge >= 0.3 is 0 Å². The fourth-order valence-electron chi connectivity index (χ4n) is 1.92. The number of nitrogen functional groups attached to an aromatic ring is 1. The van der Waals surface area contributed by atoms with Crippen LogP contribution in [0.3, 0.4) is 0 Å². The number of anilines is 1. The second-order valence-electron chi connectivity index (χ2n) is 4.63. The summed E-state index contributed by atoms with van der Waals surface area (Å²) in [7, 11) is -2.06. The second-order valence-corrected chi connectivity index (χ2v) is 7.78. The minimum absolute atomic E-state index is 0.0499. The van der Waals surface area contributed by atoms with Gasteiger partial charge in [-0.05, 0) is 40.8 Å². The third-order valence-electron chi connectivity index (χ3n) is 2.95. The van der Waals surface area contributed by atoms with Gasteiger partial charge in [-0.3, -0.25) is 0 Å². The lowest BCUT2D eigenvalue weighted by Gasteiger charge is -2.05. The fraction of sp³-hybridized carbons (Fsp3) is 0.167. The van der Waals surface area contributed by atoms with Crippen LogP contribution in [-0.2, 0) is 9.84 Å². The Hall–Kier alpha value is -2.02. The van der Waals surface area contributed by atoms with Gasteiger partial charge in [-0.2, -0.15) is 19.5 Å². The van der Waals surface area contributed by atoms with E-state index in [1.165, 1.54) is 11.6 Å². The molecule has 0 saturated heterocycles. The monoisotopic (exact) mass is 446 g/mol.